The van der Waals surface area contributed by atoms with Crippen molar-refractivity contribution < 1.29 is 25.9 Å². The first kappa shape index (κ1) is 9.96. The van der Waals surface area contributed by atoms with Crippen molar-refractivity contribution in [2.24, 2.45) is 5.92 Å². The van der Waals surface area contributed by atoms with E-state index in [1.54, 1.807) is 6.07 Å². The van der Waals surface area contributed by atoms with Gasteiger partial charge in [0.05, 0.1) is 0 Å². The van der Waals surface area contributed by atoms with Gasteiger partial charge >= 0.3 is 21.1 Å². The van der Waals surface area contributed by atoms with Crippen molar-refractivity contribution in [2.75, 3.05) is 0 Å². The minimum absolute atomic E-state index is 0. The van der Waals surface area contributed by atoms with E-state index in [1.165, 1.54) is 13.2 Å². The van der Waals surface area contributed by atoms with Gasteiger partial charge in [-0.05, 0) is 0 Å². The Labute approximate surface area is 56.8 Å². The summed E-state index contributed by atoms with van der Waals surface area (Å²) < 4.78 is 0. The smallest absolute Gasteiger partial charge is 0.541 e. The van der Waals surface area contributed by atoms with E-state index in [0.717, 1.165) is 0 Å². The minimum Gasteiger partial charge on any atom is -0.541 e. The van der Waals surface area contributed by atoms with Gasteiger partial charge in [-0.1, -0.05) is 12.8 Å². The summed E-state index contributed by atoms with van der Waals surface area (Å²) in [4.78, 5) is 9.39. The zero-order valence-electron chi connectivity index (χ0n) is 3.84. The minimum atomic E-state index is -0.565. The van der Waals surface area contributed by atoms with Crippen molar-refractivity contribution in [2.45, 2.75) is 6.92 Å². The number of nitriles is 1. The van der Waals surface area contributed by atoms with Gasteiger partial charge in [-0.2, -0.15) is 0 Å². The molecule has 0 heterocycles. The third-order valence-electron chi connectivity index (χ3n) is 0.370. The number of hydrogen-bond acceptors (Lipinski definition) is 2. The van der Waals surface area contributed by atoms with Crippen molar-refractivity contribution in [3.63, 3.8) is 0 Å². The maximum Gasteiger partial charge on any atom is 2.00 e. The molecule has 3 heteroatoms. The summed E-state index contributed by atoms with van der Waals surface area (Å²) in [6, 6.07) is 1.69. The van der Waals surface area contributed by atoms with Gasteiger partial charge in [-0.25, -0.2) is 11.5 Å². The molecule has 0 bridgehead atoms. The van der Waals surface area contributed by atoms with E-state index in [4.69, 9.17) is 5.26 Å². The zero-order valence-corrected chi connectivity index (χ0v) is 6.77. The SMILES string of the molecule is CC(C#N)[C-]=O.[W+2]. The Morgan fingerprint density at radius 2 is 2.29 bits per heavy atom. The quantitative estimate of drug-likeness (QED) is 0.638. The predicted molar refractivity (Wildman–Crippen MR) is 20.5 cm³/mol. The van der Waals surface area contributed by atoms with Crippen LogP contribution in [0.5, 0.6) is 0 Å². The molecule has 0 spiro atoms. The number of nitrogens with zero attached hydrogens (tertiary/aromatic N) is 1. The van der Waals surface area contributed by atoms with Gasteiger partial charge in [-0.15, -0.1) is 0 Å². The van der Waals surface area contributed by atoms with Crippen molar-refractivity contribution in [1.82, 2.24) is 0 Å². The molecule has 0 rings (SSSR count). The molecule has 0 aliphatic heterocycles. The summed E-state index contributed by atoms with van der Waals surface area (Å²) >= 11 is 0. The van der Waals surface area contributed by atoms with Gasteiger partial charge in [0.2, 0.25) is 0 Å². The fraction of sp³-hybridized carbons (Fsp3) is 0.500. The van der Waals surface area contributed by atoms with Gasteiger partial charge in [0.1, 0.15) is 0 Å². The van der Waals surface area contributed by atoms with Crippen LogP contribution in [0.2, 0.25) is 0 Å². The first-order valence-corrected chi connectivity index (χ1v) is 1.58. The summed E-state index contributed by atoms with van der Waals surface area (Å²) in [5.74, 6) is -0.565. The maximum absolute atomic E-state index is 9.39. The molecule has 0 aliphatic rings. The first-order chi connectivity index (χ1) is 2.81. The van der Waals surface area contributed by atoms with Crippen LogP contribution in [0, 0.1) is 17.2 Å². The molecular formula is C4H4NOW+. The Balaban J connectivity index is 0. The van der Waals surface area contributed by atoms with Crippen LogP contribution >= 0.6 is 0 Å². The fourth-order valence-electron chi connectivity index (χ4n) is 0.0264. The van der Waals surface area contributed by atoms with Crippen LogP contribution in [-0.2, 0) is 25.9 Å². The molecule has 0 amide bonds. The second kappa shape index (κ2) is 5.85. The Kier molecular flexibility index (Phi) is 8.33. The van der Waals surface area contributed by atoms with Crippen LogP contribution in [-0.4, -0.2) is 6.29 Å². The molecule has 1 atom stereocenters. The van der Waals surface area contributed by atoms with Crippen LogP contribution < -0.4 is 0 Å². The summed E-state index contributed by atoms with van der Waals surface area (Å²) in [5.41, 5.74) is 0. The van der Waals surface area contributed by atoms with Gasteiger partial charge in [-0.3, -0.25) is 0 Å². The van der Waals surface area contributed by atoms with E-state index >= 15 is 0 Å². The van der Waals surface area contributed by atoms with Crippen molar-refractivity contribution in [1.29, 1.82) is 5.26 Å². The van der Waals surface area contributed by atoms with Crippen molar-refractivity contribution in [3.05, 3.63) is 0 Å². The standard InChI is InChI=1S/C4H4NO.W/c1-4(2-5)3-6;/h4H,1H3;/q-1;+2. The van der Waals surface area contributed by atoms with Crippen LogP contribution in [0.4, 0.5) is 0 Å². The molecular weight excluding hydrogens is 262 g/mol. The molecule has 7 heavy (non-hydrogen) atoms. The molecule has 0 fully saturated rings. The van der Waals surface area contributed by atoms with Gasteiger partial charge < -0.3 is 4.79 Å². The van der Waals surface area contributed by atoms with E-state index < -0.39 is 5.92 Å². The number of hydrogen-bond donors (Lipinski definition) is 0. The largest absolute Gasteiger partial charge is 2.00 e. The van der Waals surface area contributed by atoms with E-state index in [0.29, 0.717) is 0 Å². The van der Waals surface area contributed by atoms with Crippen molar-refractivity contribution >= 4 is 6.29 Å². The zero-order chi connectivity index (χ0) is 4.99. The van der Waals surface area contributed by atoms with Crippen molar-refractivity contribution in [3.8, 4) is 6.07 Å². The summed E-state index contributed by atoms with van der Waals surface area (Å²) in [6.45, 7) is 1.49. The van der Waals surface area contributed by atoms with E-state index in [9.17, 15) is 4.79 Å². The normalized spacial score (nSPS) is 10.3. The van der Waals surface area contributed by atoms with E-state index in [2.05, 4.69) is 0 Å². The average molecular weight is 266 g/mol. The van der Waals surface area contributed by atoms with Crippen LogP contribution in [0.3, 0.4) is 0 Å². The fourth-order valence-corrected chi connectivity index (χ4v) is 0.0264. The third kappa shape index (κ3) is 5.85. The van der Waals surface area contributed by atoms with Gasteiger partial charge in [0, 0.05) is 6.07 Å². The monoisotopic (exact) mass is 266 g/mol. The Morgan fingerprint density at radius 3 is 2.29 bits per heavy atom. The summed E-state index contributed by atoms with van der Waals surface area (Å²) in [5, 5.41) is 7.82. The molecule has 0 aliphatic carbocycles. The molecule has 1 unspecified atom stereocenters. The maximum atomic E-state index is 9.39. The molecule has 0 N–H and O–H groups in total. The summed E-state index contributed by atoms with van der Waals surface area (Å²) in [7, 11) is 0. The molecule has 0 aromatic rings. The molecule has 0 saturated heterocycles. The molecule has 0 aromatic carbocycles. The second-order valence-electron chi connectivity index (χ2n) is 0.969. The van der Waals surface area contributed by atoms with E-state index in [-0.39, 0.29) is 21.1 Å². The molecule has 2 nitrogen and oxygen atoms in total. The second-order valence-corrected chi connectivity index (χ2v) is 0.969. The Bertz CT molecular complexity index is 86.2. The Morgan fingerprint density at radius 1 is 1.86 bits per heavy atom. The van der Waals surface area contributed by atoms with Crippen LogP contribution in [0.25, 0.3) is 0 Å². The molecule has 0 radical (unpaired) electrons. The molecule has 36 valence electrons. The third-order valence-corrected chi connectivity index (χ3v) is 0.370. The van der Waals surface area contributed by atoms with Gasteiger partial charge in [0.15, 0.2) is 0 Å². The first-order valence-electron chi connectivity index (χ1n) is 1.58. The summed E-state index contributed by atoms with van der Waals surface area (Å²) in [6.07, 6.45) is 1.50. The Hall–Kier alpha value is -0.152. The van der Waals surface area contributed by atoms with Gasteiger partial charge in [0.25, 0.3) is 0 Å². The average Bonchev–Trinajstić information content (AvgIpc) is 1.65. The molecule has 0 saturated carbocycles. The topological polar surface area (TPSA) is 40.9 Å². The van der Waals surface area contributed by atoms with Crippen LogP contribution in [0.15, 0.2) is 0 Å². The predicted octanol–water partition coefficient (Wildman–Crippen LogP) is 0.253. The van der Waals surface area contributed by atoms with Crippen LogP contribution in [0.1, 0.15) is 6.92 Å². The van der Waals surface area contributed by atoms with E-state index in [1.807, 2.05) is 0 Å². The number of carbonyl (C=O) groups excluding carboxylic acids is 1. The molecule has 0 aromatic heterocycles. The number of rotatable bonds is 1.